The summed E-state index contributed by atoms with van der Waals surface area (Å²) in [6.07, 6.45) is 2.38. The molecule has 2 heterocycles. The molecule has 0 radical (unpaired) electrons. The average molecular weight is 429 g/mol. The first-order valence-electron chi connectivity index (χ1n) is 10.4. The van der Waals surface area contributed by atoms with Crippen molar-refractivity contribution in [1.29, 1.82) is 0 Å². The number of amides is 2. The highest BCUT2D eigenvalue weighted by Gasteiger charge is 2.30. The third-order valence-corrected chi connectivity index (χ3v) is 5.45. The van der Waals surface area contributed by atoms with Crippen LogP contribution < -0.4 is 5.32 Å². The van der Waals surface area contributed by atoms with Gasteiger partial charge in [-0.1, -0.05) is 18.2 Å². The molecule has 2 aromatic rings. The highest BCUT2D eigenvalue weighted by molar-refractivity contribution is 5.80. The van der Waals surface area contributed by atoms with Gasteiger partial charge in [-0.3, -0.25) is 9.78 Å². The van der Waals surface area contributed by atoms with Gasteiger partial charge >= 0.3 is 6.09 Å². The number of hydrogen-bond acceptors (Lipinski definition) is 5. The van der Waals surface area contributed by atoms with Gasteiger partial charge in [0, 0.05) is 32.3 Å². The van der Waals surface area contributed by atoms with Crippen molar-refractivity contribution in [3.8, 4) is 0 Å². The molecule has 1 unspecified atom stereocenters. The van der Waals surface area contributed by atoms with E-state index in [0.717, 1.165) is 16.8 Å². The molecule has 1 aromatic carbocycles. The number of nitrogens with one attached hydrogen (secondary N) is 1. The molecule has 1 fully saturated rings. The van der Waals surface area contributed by atoms with Crippen LogP contribution in [0, 0.1) is 18.7 Å². The van der Waals surface area contributed by atoms with E-state index in [1.54, 1.807) is 30.3 Å². The molecule has 31 heavy (non-hydrogen) atoms. The predicted molar refractivity (Wildman–Crippen MR) is 113 cm³/mol. The number of benzene rings is 1. The fourth-order valence-electron chi connectivity index (χ4n) is 3.65. The summed E-state index contributed by atoms with van der Waals surface area (Å²) in [4.78, 5) is 31.2. The Morgan fingerprint density at radius 3 is 2.55 bits per heavy atom. The number of pyridine rings is 1. The predicted octanol–water partition coefficient (Wildman–Crippen LogP) is 3.23. The van der Waals surface area contributed by atoms with Crippen LogP contribution in [0.3, 0.4) is 0 Å². The van der Waals surface area contributed by atoms with Crippen molar-refractivity contribution in [3.05, 3.63) is 65.2 Å². The molecule has 1 atom stereocenters. The summed E-state index contributed by atoms with van der Waals surface area (Å²) in [5, 5.41) is 3.09. The second-order valence-corrected chi connectivity index (χ2v) is 7.57. The fourth-order valence-corrected chi connectivity index (χ4v) is 3.65. The normalized spacial score (nSPS) is 15.4. The summed E-state index contributed by atoms with van der Waals surface area (Å²) < 4.78 is 23.5. The quantitative estimate of drug-likeness (QED) is 0.684. The highest BCUT2D eigenvalue weighted by atomic mass is 19.1. The number of aryl methyl sites for hydroxylation is 1. The zero-order chi connectivity index (χ0) is 22.2. The molecule has 1 aliphatic heterocycles. The summed E-state index contributed by atoms with van der Waals surface area (Å²) in [5.41, 5.74) is 2.42. The Bertz CT molecular complexity index is 883. The molecule has 0 spiro atoms. The zero-order valence-corrected chi connectivity index (χ0v) is 17.8. The zero-order valence-electron chi connectivity index (χ0n) is 17.8. The minimum absolute atomic E-state index is 0.105. The molecule has 8 heteroatoms. The van der Waals surface area contributed by atoms with E-state index in [9.17, 15) is 14.0 Å². The lowest BCUT2D eigenvalue weighted by Gasteiger charge is -2.31. The topological polar surface area (TPSA) is 80.8 Å². The molecule has 0 aliphatic carbocycles. The lowest BCUT2D eigenvalue weighted by atomic mass is 9.94. The van der Waals surface area contributed by atoms with Crippen LogP contribution in [0.1, 0.15) is 35.7 Å². The van der Waals surface area contributed by atoms with Gasteiger partial charge < -0.3 is 19.7 Å². The first kappa shape index (κ1) is 22.7. The third-order valence-electron chi connectivity index (χ3n) is 5.45. The molecular formula is C23H28FN3O4. The van der Waals surface area contributed by atoms with Crippen LogP contribution in [0.25, 0.3) is 0 Å². The molecule has 0 bridgehead atoms. The molecule has 3 rings (SSSR count). The van der Waals surface area contributed by atoms with Crippen molar-refractivity contribution >= 4 is 12.0 Å². The van der Waals surface area contributed by atoms with Gasteiger partial charge in [0.2, 0.25) is 5.91 Å². The number of piperidine rings is 1. The lowest BCUT2D eigenvalue weighted by molar-refractivity contribution is -0.126. The maximum atomic E-state index is 13.4. The molecule has 1 aromatic heterocycles. The van der Waals surface area contributed by atoms with Crippen molar-refractivity contribution < 1.29 is 23.5 Å². The maximum absolute atomic E-state index is 13.4. The number of hydrogen-bond donors (Lipinski definition) is 1. The number of rotatable bonds is 7. The smallest absolute Gasteiger partial charge is 0.409 e. The van der Waals surface area contributed by atoms with Crippen LogP contribution in [-0.2, 0) is 14.3 Å². The average Bonchev–Trinajstić information content (AvgIpc) is 2.79. The number of nitrogens with zero attached hydrogens (tertiary/aromatic N) is 2. The summed E-state index contributed by atoms with van der Waals surface area (Å²) in [6, 6.07) is 9.36. The van der Waals surface area contributed by atoms with Crippen LogP contribution in [0.5, 0.6) is 0 Å². The van der Waals surface area contributed by atoms with Crippen LogP contribution in [0.15, 0.2) is 42.6 Å². The molecule has 1 aliphatic rings. The molecule has 1 N–H and O–H groups in total. The molecular weight excluding hydrogens is 401 g/mol. The van der Waals surface area contributed by atoms with Crippen molar-refractivity contribution in [2.45, 2.75) is 25.8 Å². The summed E-state index contributed by atoms with van der Waals surface area (Å²) >= 11 is 0. The Hall–Kier alpha value is -3.00. The largest absolute Gasteiger partial charge is 0.447 e. The second-order valence-electron chi connectivity index (χ2n) is 7.57. The monoisotopic (exact) mass is 429 g/mol. The van der Waals surface area contributed by atoms with E-state index >= 15 is 0 Å². The Kier molecular flexibility index (Phi) is 7.94. The molecule has 7 nitrogen and oxygen atoms in total. The SMILES string of the molecule is COCCOC(=O)N1CCC(C(=O)NC(c2ccc(F)cc2)c2ncccc2C)CC1. The van der Waals surface area contributed by atoms with E-state index < -0.39 is 6.04 Å². The van der Waals surface area contributed by atoms with Gasteiger partial charge in [0.25, 0.3) is 0 Å². The Morgan fingerprint density at radius 1 is 1.19 bits per heavy atom. The Labute approximate surface area is 181 Å². The number of halogens is 1. The molecule has 0 saturated carbocycles. The standard InChI is InChI=1S/C23H28FN3O4/c1-16-4-3-11-25-20(16)21(17-5-7-19(24)8-6-17)26-22(28)18-9-12-27(13-10-18)23(29)31-15-14-30-2/h3-8,11,18,21H,9-10,12-15H2,1-2H3,(H,26,28). The number of aromatic nitrogens is 1. The van der Waals surface area contributed by atoms with Crippen LogP contribution in [0.4, 0.5) is 9.18 Å². The van der Waals surface area contributed by atoms with Gasteiger partial charge in [-0.05, 0) is 49.1 Å². The van der Waals surface area contributed by atoms with E-state index in [0.29, 0.717) is 32.5 Å². The molecule has 166 valence electrons. The fraction of sp³-hybridized carbons (Fsp3) is 0.435. The first-order valence-corrected chi connectivity index (χ1v) is 10.4. The van der Waals surface area contributed by atoms with Gasteiger partial charge in [0.05, 0.1) is 18.3 Å². The third kappa shape index (κ3) is 6.01. The van der Waals surface area contributed by atoms with Gasteiger partial charge in [0.1, 0.15) is 12.4 Å². The number of methoxy groups -OCH3 is 1. The summed E-state index contributed by atoms with van der Waals surface area (Å²) in [5.74, 6) is -0.668. The van der Waals surface area contributed by atoms with E-state index in [2.05, 4.69) is 10.3 Å². The van der Waals surface area contributed by atoms with E-state index in [1.165, 1.54) is 12.1 Å². The lowest BCUT2D eigenvalue weighted by Crippen LogP contribution is -2.44. The minimum atomic E-state index is -0.480. The Balaban J connectivity index is 1.66. The van der Waals surface area contributed by atoms with Crippen LogP contribution in [0.2, 0.25) is 0 Å². The van der Waals surface area contributed by atoms with Crippen LogP contribution in [-0.4, -0.2) is 55.3 Å². The highest BCUT2D eigenvalue weighted by Crippen LogP contribution is 2.26. The van der Waals surface area contributed by atoms with Gasteiger partial charge in [-0.15, -0.1) is 0 Å². The number of carbonyl (C=O) groups is 2. The van der Waals surface area contributed by atoms with E-state index in [1.807, 2.05) is 19.1 Å². The number of ether oxygens (including phenoxy) is 2. The summed E-state index contributed by atoms with van der Waals surface area (Å²) in [7, 11) is 1.55. The Morgan fingerprint density at radius 2 is 1.90 bits per heavy atom. The maximum Gasteiger partial charge on any atom is 0.409 e. The number of likely N-dealkylation sites (tertiary alicyclic amines) is 1. The van der Waals surface area contributed by atoms with Crippen molar-refractivity contribution in [3.63, 3.8) is 0 Å². The number of carbonyl (C=O) groups excluding carboxylic acids is 2. The van der Waals surface area contributed by atoms with Crippen molar-refractivity contribution in [2.75, 3.05) is 33.4 Å². The van der Waals surface area contributed by atoms with Crippen molar-refractivity contribution in [1.82, 2.24) is 15.2 Å². The van der Waals surface area contributed by atoms with E-state index in [4.69, 9.17) is 9.47 Å². The van der Waals surface area contributed by atoms with Crippen LogP contribution >= 0.6 is 0 Å². The van der Waals surface area contributed by atoms with Gasteiger partial charge in [-0.25, -0.2) is 9.18 Å². The molecule has 2 amide bonds. The van der Waals surface area contributed by atoms with Crippen molar-refractivity contribution in [2.24, 2.45) is 5.92 Å². The molecule has 1 saturated heterocycles. The van der Waals surface area contributed by atoms with E-state index in [-0.39, 0.29) is 30.3 Å². The second kappa shape index (κ2) is 10.9. The van der Waals surface area contributed by atoms with Gasteiger partial charge in [-0.2, -0.15) is 0 Å². The first-order chi connectivity index (χ1) is 15.0. The summed E-state index contributed by atoms with van der Waals surface area (Å²) in [6.45, 7) is 3.39. The minimum Gasteiger partial charge on any atom is -0.447 e. The van der Waals surface area contributed by atoms with Gasteiger partial charge in [0.15, 0.2) is 0 Å².